The largest absolute Gasteiger partial charge is 0.389 e. The fraction of sp³-hybridized carbons (Fsp3) is 0.571. The smallest absolute Gasteiger partial charge is 0.251 e. The van der Waals surface area contributed by atoms with Gasteiger partial charge in [0.2, 0.25) is 0 Å². The second-order valence-electron chi connectivity index (χ2n) is 2.55. The number of aromatic nitrogens is 2. The number of rotatable bonds is 2. The van der Waals surface area contributed by atoms with Gasteiger partial charge in [0, 0.05) is 6.92 Å². The number of imidazole rings is 1. The van der Waals surface area contributed by atoms with Crippen molar-refractivity contribution in [3.05, 3.63) is 18.2 Å². The molecule has 1 aromatic heterocycles. The summed E-state index contributed by atoms with van der Waals surface area (Å²) in [5.41, 5.74) is 0. The molecule has 0 bridgehead atoms. The fourth-order valence-electron chi connectivity index (χ4n) is 0.925. The quantitative estimate of drug-likeness (QED) is 0.559. The lowest BCUT2D eigenvalue weighted by Gasteiger charge is -1.99. The van der Waals surface area contributed by atoms with Crippen LogP contribution in [0.1, 0.15) is 12.7 Å². The average molecular weight is 141 g/mol. The van der Waals surface area contributed by atoms with Gasteiger partial charge in [-0.15, -0.1) is 0 Å². The Morgan fingerprint density at radius 3 is 2.90 bits per heavy atom. The van der Waals surface area contributed by atoms with Gasteiger partial charge in [0.05, 0.1) is 6.10 Å². The molecule has 0 aromatic carbocycles. The lowest BCUT2D eigenvalue weighted by molar-refractivity contribution is -0.707. The number of aliphatic hydroxyl groups is 1. The van der Waals surface area contributed by atoms with Crippen molar-refractivity contribution in [3.63, 3.8) is 0 Å². The van der Waals surface area contributed by atoms with Crippen LogP contribution in [0.2, 0.25) is 0 Å². The summed E-state index contributed by atoms with van der Waals surface area (Å²) < 4.78 is 1.98. The third kappa shape index (κ3) is 1.57. The normalized spacial score (nSPS) is 13.5. The Bertz CT molecular complexity index is 205. The molecule has 0 saturated carbocycles. The molecule has 0 saturated heterocycles. The Morgan fingerprint density at radius 1 is 1.80 bits per heavy atom. The Kier molecular flexibility index (Phi) is 2.06. The topological polar surface area (TPSA) is 39.9 Å². The molecule has 1 heterocycles. The maximum atomic E-state index is 9.01. The number of hydrogen-bond donors (Lipinski definition) is 2. The van der Waals surface area contributed by atoms with Crippen LogP contribution in [0.25, 0.3) is 0 Å². The average Bonchev–Trinajstić information content (AvgIpc) is 2.15. The van der Waals surface area contributed by atoms with Crippen LogP contribution in [0.5, 0.6) is 0 Å². The Morgan fingerprint density at radius 2 is 2.50 bits per heavy atom. The van der Waals surface area contributed by atoms with E-state index in [9.17, 15) is 0 Å². The zero-order valence-corrected chi connectivity index (χ0v) is 6.33. The number of nitrogens with zero attached hydrogens (tertiary/aromatic N) is 1. The molecular weight excluding hydrogens is 128 g/mol. The summed E-state index contributed by atoms with van der Waals surface area (Å²) in [7, 11) is 0. The molecule has 0 aliphatic carbocycles. The monoisotopic (exact) mass is 141 g/mol. The van der Waals surface area contributed by atoms with E-state index < -0.39 is 0 Å². The first kappa shape index (κ1) is 7.28. The van der Waals surface area contributed by atoms with E-state index in [0.717, 1.165) is 5.82 Å². The minimum Gasteiger partial charge on any atom is -0.389 e. The number of aryl methyl sites for hydroxylation is 1. The highest BCUT2D eigenvalue weighted by Crippen LogP contribution is 1.84. The van der Waals surface area contributed by atoms with Crippen LogP contribution in [0.15, 0.2) is 12.4 Å². The molecular formula is C7H13N2O+. The minimum atomic E-state index is -0.278. The number of nitrogens with one attached hydrogen (secondary N) is 1. The Hall–Kier alpha value is -0.830. The number of aliphatic hydroxyl groups excluding tert-OH is 1. The van der Waals surface area contributed by atoms with Crippen LogP contribution in [-0.2, 0) is 6.54 Å². The minimum absolute atomic E-state index is 0.278. The van der Waals surface area contributed by atoms with E-state index in [2.05, 4.69) is 4.98 Å². The fourth-order valence-corrected chi connectivity index (χ4v) is 0.925. The summed E-state index contributed by atoms with van der Waals surface area (Å²) in [6.45, 7) is 4.41. The first-order valence-corrected chi connectivity index (χ1v) is 3.41. The molecule has 0 spiro atoms. The maximum absolute atomic E-state index is 9.01. The van der Waals surface area contributed by atoms with Gasteiger partial charge in [-0.2, -0.15) is 0 Å². The zero-order valence-electron chi connectivity index (χ0n) is 6.33. The summed E-state index contributed by atoms with van der Waals surface area (Å²) in [5.74, 6) is 1.07. The van der Waals surface area contributed by atoms with E-state index in [0.29, 0.717) is 6.54 Å². The third-order valence-electron chi connectivity index (χ3n) is 1.44. The van der Waals surface area contributed by atoms with Crippen LogP contribution in [0, 0.1) is 6.92 Å². The van der Waals surface area contributed by atoms with Crippen LogP contribution >= 0.6 is 0 Å². The molecule has 0 radical (unpaired) electrons. The van der Waals surface area contributed by atoms with Crippen molar-refractivity contribution in [2.75, 3.05) is 0 Å². The van der Waals surface area contributed by atoms with Gasteiger partial charge in [0.25, 0.3) is 5.82 Å². The van der Waals surface area contributed by atoms with Crippen molar-refractivity contribution >= 4 is 0 Å². The van der Waals surface area contributed by atoms with Gasteiger partial charge in [-0.05, 0) is 6.92 Å². The molecule has 0 aliphatic heterocycles. The zero-order chi connectivity index (χ0) is 7.56. The molecule has 0 fully saturated rings. The van der Waals surface area contributed by atoms with Crippen LogP contribution in [0.4, 0.5) is 0 Å². The highest BCUT2D eigenvalue weighted by Gasteiger charge is 2.06. The van der Waals surface area contributed by atoms with E-state index in [1.165, 1.54) is 0 Å². The van der Waals surface area contributed by atoms with Crippen molar-refractivity contribution in [2.24, 2.45) is 0 Å². The summed E-state index contributed by atoms with van der Waals surface area (Å²) in [4.78, 5) is 3.03. The van der Waals surface area contributed by atoms with Gasteiger partial charge in [0.15, 0.2) is 0 Å². The summed E-state index contributed by atoms with van der Waals surface area (Å²) in [6.07, 6.45) is 3.50. The summed E-state index contributed by atoms with van der Waals surface area (Å²) in [5, 5.41) is 9.01. The maximum Gasteiger partial charge on any atom is 0.251 e. The van der Waals surface area contributed by atoms with Gasteiger partial charge in [0.1, 0.15) is 18.9 Å². The molecule has 1 aromatic rings. The molecule has 2 N–H and O–H groups in total. The van der Waals surface area contributed by atoms with Crippen LogP contribution in [-0.4, -0.2) is 16.2 Å². The standard InChI is InChI=1S/C7H12N2O/c1-6(10)5-9-4-3-8-7(9)2/h3-4,6,10H,5H2,1-2H3/p+1. The van der Waals surface area contributed by atoms with Gasteiger partial charge in [-0.25, -0.2) is 9.55 Å². The van der Waals surface area contributed by atoms with Gasteiger partial charge in [-0.3, -0.25) is 0 Å². The molecule has 1 rings (SSSR count). The molecule has 1 atom stereocenters. The van der Waals surface area contributed by atoms with Crippen molar-refractivity contribution in [1.82, 2.24) is 4.98 Å². The highest BCUT2D eigenvalue weighted by atomic mass is 16.3. The Labute approximate surface area is 60.3 Å². The molecule has 3 nitrogen and oxygen atoms in total. The molecule has 1 unspecified atom stereocenters. The van der Waals surface area contributed by atoms with E-state index in [4.69, 9.17) is 5.11 Å². The van der Waals surface area contributed by atoms with Crippen molar-refractivity contribution in [3.8, 4) is 0 Å². The first-order valence-electron chi connectivity index (χ1n) is 3.41. The Balaban J connectivity index is 2.65. The third-order valence-corrected chi connectivity index (χ3v) is 1.44. The second kappa shape index (κ2) is 2.84. The molecule has 0 amide bonds. The molecule has 10 heavy (non-hydrogen) atoms. The predicted molar refractivity (Wildman–Crippen MR) is 37.4 cm³/mol. The van der Waals surface area contributed by atoms with E-state index in [1.807, 2.05) is 23.9 Å². The number of H-pyrrole nitrogens is 1. The van der Waals surface area contributed by atoms with Gasteiger partial charge >= 0.3 is 0 Å². The highest BCUT2D eigenvalue weighted by molar-refractivity contribution is 4.70. The first-order chi connectivity index (χ1) is 4.70. The van der Waals surface area contributed by atoms with Gasteiger partial charge < -0.3 is 5.11 Å². The van der Waals surface area contributed by atoms with E-state index in [1.54, 1.807) is 6.92 Å². The second-order valence-corrected chi connectivity index (χ2v) is 2.55. The van der Waals surface area contributed by atoms with E-state index >= 15 is 0 Å². The number of hydrogen-bond acceptors (Lipinski definition) is 1. The molecule has 3 heteroatoms. The van der Waals surface area contributed by atoms with Crippen LogP contribution in [0.3, 0.4) is 0 Å². The van der Waals surface area contributed by atoms with Crippen molar-refractivity contribution in [1.29, 1.82) is 0 Å². The predicted octanol–water partition coefficient (Wildman–Crippen LogP) is -0.00858. The van der Waals surface area contributed by atoms with Crippen LogP contribution < -0.4 is 4.57 Å². The molecule has 0 aliphatic rings. The van der Waals surface area contributed by atoms with E-state index in [-0.39, 0.29) is 6.10 Å². The number of aromatic amines is 1. The van der Waals surface area contributed by atoms with Crippen molar-refractivity contribution < 1.29 is 9.67 Å². The van der Waals surface area contributed by atoms with Crippen molar-refractivity contribution in [2.45, 2.75) is 26.5 Å². The lowest BCUT2D eigenvalue weighted by Crippen LogP contribution is -2.39. The summed E-state index contributed by atoms with van der Waals surface area (Å²) in [6, 6.07) is 0. The lowest BCUT2D eigenvalue weighted by atomic mass is 10.4. The SMILES string of the molecule is Cc1[nH]cc[n+]1CC(C)O. The molecule has 56 valence electrons. The summed E-state index contributed by atoms with van der Waals surface area (Å²) >= 11 is 0. The van der Waals surface area contributed by atoms with Gasteiger partial charge in [-0.1, -0.05) is 0 Å².